The number of hydrogen-bond donors (Lipinski definition) is 1. The predicted octanol–water partition coefficient (Wildman–Crippen LogP) is 1.53. The number of nitrogens with one attached hydrogen (secondary N) is 1. The Balaban J connectivity index is 1.67. The molecule has 0 saturated carbocycles. The summed E-state index contributed by atoms with van der Waals surface area (Å²) in [5.74, 6) is -0.00446. The average molecular weight is 377 g/mol. The van der Waals surface area contributed by atoms with E-state index >= 15 is 0 Å². The highest BCUT2D eigenvalue weighted by molar-refractivity contribution is 5.79. The summed E-state index contributed by atoms with van der Waals surface area (Å²) in [6.45, 7) is 9.22. The molecule has 0 spiro atoms. The van der Waals surface area contributed by atoms with Crippen molar-refractivity contribution in [1.29, 1.82) is 0 Å². The van der Waals surface area contributed by atoms with E-state index in [2.05, 4.69) is 15.1 Å². The Kier molecular flexibility index (Phi) is 5.29. The van der Waals surface area contributed by atoms with Gasteiger partial charge in [-0.1, -0.05) is 19.0 Å². The smallest absolute Gasteiger partial charge is 0.288 e. The van der Waals surface area contributed by atoms with Gasteiger partial charge in [-0.3, -0.25) is 14.6 Å². The number of amides is 1. The molecule has 9 heteroatoms. The maximum atomic E-state index is 13.9. The van der Waals surface area contributed by atoms with Crippen LogP contribution in [0.1, 0.15) is 42.5 Å². The molecule has 8 nitrogen and oxygen atoms in total. The van der Waals surface area contributed by atoms with Crippen molar-refractivity contribution in [2.45, 2.75) is 40.0 Å². The lowest BCUT2D eigenvalue weighted by molar-refractivity contribution is -0.130. The van der Waals surface area contributed by atoms with Crippen LogP contribution in [0.2, 0.25) is 0 Å². The first-order valence-electron chi connectivity index (χ1n) is 9.02. The summed E-state index contributed by atoms with van der Waals surface area (Å²) in [4.78, 5) is 34.8. The largest absolute Gasteiger partial charge is 0.361 e. The second-order valence-electron chi connectivity index (χ2n) is 7.09. The van der Waals surface area contributed by atoms with E-state index in [1.807, 2.05) is 11.8 Å². The lowest BCUT2D eigenvalue weighted by Crippen LogP contribution is -2.50. The summed E-state index contributed by atoms with van der Waals surface area (Å²) in [6, 6.07) is 0. The van der Waals surface area contributed by atoms with Crippen LogP contribution in [-0.4, -0.2) is 52.1 Å². The monoisotopic (exact) mass is 377 g/mol. The van der Waals surface area contributed by atoms with Gasteiger partial charge >= 0.3 is 0 Å². The zero-order chi connectivity index (χ0) is 19.7. The number of nitrogens with zero attached hydrogens (tertiary/aromatic N) is 4. The highest BCUT2D eigenvalue weighted by Gasteiger charge is 2.25. The van der Waals surface area contributed by atoms with Crippen LogP contribution in [0.15, 0.2) is 9.32 Å². The second-order valence-corrected chi connectivity index (χ2v) is 7.09. The standard InChI is InChI=1S/C18H24FN5O3/c1-10(2)16-15(19)17(26)21-18(20-16)24-7-5-23(6-8-24)14(25)9-13-11(3)22-27-12(13)4/h10H,5-9H2,1-4H3,(H,20,21,26). The Morgan fingerprint density at radius 2 is 1.93 bits per heavy atom. The molecule has 3 heterocycles. The van der Waals surface area contributed by atoms with Crippen molar-refractivity contribution < 1.29 is 13.7 Å². The van der Waals surface area contributed by atoms with Crippen molar-refractivity contribution in [2.24, 2.45) is 0 Å². The number of aromatic amines is 1. The number of anilines is 1. The number of H-pyrrole nitrogens is 1. The zero-order valence-electron chi connectivity index (χ0n) is 16.0. The van der Waals surface area contributed by atoms with Gasteiger partial charge in [-0.2, -0.15) is 4.39 Å². The fourth-order valence-electron chi connectivity index (χ4n) is 3.18. The number of aromatic nitrogens is 3. The summed E-state index contributed by atoms with van der Waals surface area (Å²) in [6.07, 6.45) is 0.254. The van der Waals surface area contributed by atoms with E-state index in [1.165, 1.54) is 0 Å². The Hall–Kier alpha value is -2.71. The van der Waals surface area contributed by atoms with Crippen LogP contribution in [0, 0.1) is 19.7 Å². The molecule has 0 bridgehead atoms. The van der Waals surface area contributed by atoms with E-state index in [4.69, 9.17) is 4.52 Å². The number of rotatable bonds is 4. The Labute approximate surface area is 156 Å². The van der Waals surface area contributed by atoms with Crippen LogP contribution in [0.3, 0.4) is 0 Å². The molecule has 1 amide bonds. The van der Waals surface area contributed by atoms with Crippen LogP contribution in [0.25, 0.3) is 0 Å². The maximum absolute atomic E-state index is 13.9. The summed E-state index contributed by atoms with van der Waals surface area (Å²) < 4.78 is 19.0. The molecule has 2 aromatic rings. The van der Waals surface area contributed by atoms with Gasteiger partial charge in [0.2, 0.25) is 17.7 Å². The highest BCUT2D eigenvalue weighted by atomic mass is 19.1. The second kappa shape index (κ2) is 7.50. The SMILES string of the molecule is Cc1noc(C)c1CC(=O)N1CCN(c2nc(C(C)C)c(F)c(=O)[nH]2)CC1. The Morgan fingerprint density at radius 3 is 2.48 bits per heavy atom. The molecule has 1 saturated heterocycles. The fourth-order valence-corrected chi connectivity index (χ4v) is 3.18. The summed E-state index contributed by atoms with van der Waals surface area (Å²) >= 11 is 0. The lowest BCUT2D eigenvalue weighted by Gasteiger charge is -2.35. The van der Waals surface area contributed by atoms with Crippen molar-refractivity contribution in [2.75, 3.05) is 31.1 Å². The maximum Gasteiger partial charge on any atom is 0.288 e. The molecular formula is C18H24FN5O3. The molecule has 0 aromatic carbocycles. The molecule has 27 heavy (non-hydrogen) atoms. The number of carbonyl (C=O) groups excluding carboxylic acids is 1. The number of carbonyl (C=O) groups is 1. The average Bonchev–Trinajstić information content (AvgIpc) is 2.95. The van der Waals surface area contributed by atoms with Gasteiger partial charge in [-0.15, -0.1) is 0 Å². The van der Waals surface area contributed by atoms with E-state index < -0.39 is 11.4 Å². The van der Waals surface area contributed by atoms with Crippen molar-refractivity contribution >= 4 is 11.9 Å². The first-order chi connectivity index (χ1) is 12.8. The molecule has 0 radical (unpaired) electrons. The molecule has 1 aliphatic rings. The normalized spacial score (nSPS) is 14.9. The van der Waals surface area contributed by atoms with Crippen LogP contribution < -0.4 is 10.5 Å². The molecule has 1 aliphatic heterocycles. The first kappa shape index (κ1) is 19.1. The molecule has 3 rings (SSSR count). The van der Waals surface area contributed by atoms with Gasteiger partial charge in [0.15, 0.2) is 0 Å². The number of halogens is 1. The van der Waals surface area contributed by atoms with Gasteiger partial charge in [0.1, 0.15) is 5.76 Å². The van der Waals surface area contributed by atoms with Crippen LogP contribution in [0.5, 0.6) is 0 Å². The zero-order valence-corrected chi connectivity index (χ0v) is 16.0. The van der Waals surface area contributed by atoms with Gasteiger partial charge in [0.05, 0.1) is 17.8 Å². The summed E-state index contributed by atoms with van der Waals surface area (Å²) in [7, 11) is 0. The molecule has 1 fully saturated rings. The van der Waals surface area contributed by atoms with Crippen LogP contribution >= 0.6 is 0 Å². The van der Waals surface area contributed by atoms with E-state index in [0.717, 1.165) is 11.3 Å². The summed E-state index contributed by atoms with van der Waals surface area (Å²) in [5.41, 5.74) is 0.952. The van der Waals surface area contributed by atoms with Crippen molar-refractivity contribution in [3.8, 4) is 0 Å². The molecule has 0 unspecified atom stereocenters. The van der Waals surface area contributed by atoms with Crippen molar-refractivity contribution in [1.82, 2.24) is 20.0 Å². The quantitative estimate of drug-likeness (QED) is 0.868. The molecule has 2 aromatic heterocycles. The predicted molar refractivity (Wildman–Crippen MR) is 97.4 cm³/mol. The van der Waals surface area contributed by atoms with Crippen LogP contribution in [-0.2, 0) is 11.2 Å². The van der Waals surface area contributed by atoms with E-state index in [0.29, 0.717) is 37.9 Å². The number of hydrogen-bond acceptors (Lipinski definition) is 6. The third-order valence-electron chi connectivity index (χ3n) is 4.86. The minimum atomic E-state index is -0.831. The van der Waals surface area contributed by atoms with Crippen LogP contribution in [0.4, 0.5) is 10.3 Å². The Bertz CT molecular complexity index is 877. The van der Waals surface area contributed by atoms with Gasteiger partial charge in [0, 0.05) is 31.7 Å². The van der Waals surface area contributed by atoms with Gasteiger partial charge in [-0.25, -0.2) is 4.98 Å². The van der Waals surface area contributed by atoms with Gasteiger partial charge in [0.25, 0.3) is 5.56 Å². The van der Waals surface area contributed by atoms with Crippen molar-refractivity contribution in [3.05, 3.63) is 38.9 Å². The van der Waals surface area contributed by atoms with Gasteiger partial charge < -0.3 is 14.3 Å². The van der Waals surface area contributed by atoms with Gasteiger partial charge in [-0.05, 0) is 19.8 Å². The minimum absolute atomic E-state index is 0.00692. The third-order valence-corrected chi connectivity index (χ3v) is 4.86. The van der Waals surface area contributed by atoms with E-state index in [1.54, 1.807) is 25.7 Å². The molecular weight excluding hydrogens is 353 g/mol. The topological polar surface area (TPSA) is 95.3 Å². The molecule has 146 valence electrons. The minimum Gasteiger partial charge on any atom is -0.361 e. The van der Waals surface area contributed by atoms with Crippen molar-refractivity contribution in [3.63, 3.8) is 0 Å². The molecule has 0 atom stereocenters. The fraction of sp³-hybridized carbons (Fsp3) is 0.556. The van der Waals surface area contributed by atoms with E-state index in [9.17, 15) is 14.0 Å². The number of aryl methyl sites for hydroxylation is 2. The highest BCUT2D eigenvalue weighted by Crippen LogP contribution is 2.18. The molecule has 0 aliphatic carbocycles. The lowest BCUT2D eigenvalue weighted by atomic mass is 10.1. The Morgan fingerprint density at radius 1 is 1.26 bits per heavy atom. The third kappa shape index (κ3) is 3.86. The molecule has 1 N–H and O–H groups in total. The summed E-state index contributed by atoms with van der Waals surface area (Å²) in [5, 5.41) is 3.88. The van der Waals surface area contributed by atoms with E-state index in [-0.39, 0.29) is 23.9 Å². The first-order valence-corrected chi connectivity index (χ1v) is 9.02. The number of piperazine rings is 1.